The Morgan fingerprint density at radius 2 is 1.90 bits per heavy atom. The quantitative estimate of drug-likeness (QED) is 0.858. The molecular formula is C16H17NO4. The molecule has 0 spiro atoms. The summed E-state index contributed by atoms with van der Waals surface area (Å²) in [5, 5.41) is 9.59. The van der Waals surface area contributed by atoms with E-state index in [0.717, 1.165) is 11.5 Å². The number of aromatic nitrogens is 1. The van der Waals surface area contributed by atoms with Gasteiger partial charge in [0.2, 0.25) is 0 Å². The average molecular weight is 287 g/mol. The molecule has 2 rings (SSSR count). The van der Waals surface area contributed by atoms with Gasteiger partial charge in [-0.1, -0.05) is 18.2 Å². The highest BCUT2D eigenvalue weighted by atomic mass is 16.6. The summed E-state index contributed by atoms with van der Waals surface area (Å²) in [6.07, 6.45) is 1.84. The summed E-state index contributed by atoms with van der Waals surface area (Å²) < 4.78 is 6.76. The van der Waals surface area contributed by atoms with Crippen LogP contribution in [-0.2, 0) is 9.53 Å². The summed E-state index contributed by atoms with van der Waals surface area (Å²) in [7, 11) is 0. The molecule has 2 aromatic rings. The number of benzene rings is 1. The van der Waals surface area contributed by atoms with Crippen LogP contribution in [0.15, 0.2) is 36.4 Å². The van der Waals surface area contributed by atoms with E-state index in [1.165, 1.54) is 10.6 Å². The predicted molar refractivity (Wildman–Crippen MR) is 80.2 cm³/mol. The molecule has 1 aromatic heterocycles. The minimum absolute atomic E-state index is 0.466. The largest absolute Gasteiger partial charge is 0.478 e. The fourth-order valence-electron chi connectivity index (χ4n) is 1.97. The summed E-state index contributed by atoms with van der Waals surface area (Å²) in [5.41, 5.74) is 0.514. The van der Waals surface area contributed by atoms with E-state index in [1.54, 1.807) is 32.9 Å². The van der Waals surface area contributed by atoms with Crippen LogP contribution in [0.2, 0.25) is 0 Å². The maximum atomic E-state index is 12.4. The zero-order chi connectivity index (χ0) is 15.6. The number of carbonyl (C=O) groups is 2. The molecule has 0 saturated carbocycles. The van der Waals surface area contributed by atoms with E-state index in [-0.39, 0.29) is 0 Å². The molecule has 0 aliphatic carbocycles. The van der Waals surface area contributed by atoms with Crippen molar-refractivity contribution < 1.29 is 19.4 Å². The number of hydrogen-bond donors (Lipinski definition) is 1. The van der Waals surface area contributed by atoms with Gasteiger partial charge in [-0.3, -0.25) is 0 Å². The standard InChI is InChI=1S/C16H17NO4/c1-16(2,3)21-15(20)17-12(8-9-14(18)19)10-11-6-4-5-7-13(11)17/h4-10H,1-3H3,(H,18,19). The number of rotatable bonds is 2. The van der Waals surface area contributed by atoms with E-state index < -0.39 is 17.7 Å². The number of carboxylic acids is 1. The van der Waals surface area contributed by atoms with Gasteiger partial charge in [0.1, 0.15) is 5.60 Å². The first-order valence-electron chi connectivity index (χ1n) is 6.53. The number of carbonyl (C=O) groups excluding carboxylic acids is 1. The fraction of sp³-hybridized carbons (Fsp3) is 0.250. The molecule has 21 heavy (non-hydrogen) atoms. The van der Waals surface area contributed by atoms with Crippen LogP contribution in [0.25, 0.3) is 17.0 Å². The van der Waals surface area contributed by atoms with Gasteiger partial charge < -0.3 is 9.84 Å². The number of nitrogens with zero attached hydrogens (tertiary/aromatic N) is 1. The lowest BCUT2D eigenvalue weighted by Crippen LogP contribution is -2.27. The molecular weight excluding hydrogens is 270 g/mol. The van der Waals surface area contributed by atoms with Gasteiger partial charge in [0, 0.05) is 11.5 Å². The van der Waals surface area contributed by atoms with Gasteiger partial charge in [-0.05, 0) is 39.0 Å². The van der Waals surface area contributed by atoms with E-state index in [0.29, 0.717) is 11.2 Å². The van der Waals surface area contributed by atoms with Gasteiger partial charge in [-0.2, -0.15) is 0 Å². The molecule has 0 amide bonds. The Hall–Kier alpha value is -2.56. The second-order valence-corrected chi connectivity index (χ2v) is 5.62. The van der Waals surface area contributed by atoms with Crippen molar-refractivity contribution in [2.24, 2.45) is 0 Å². The normalized spacial score (nSPS) is 12.0. The van der Waals surface area contributed by atoms with Crippen LogP contribution < -0.4 is 0 Å². The zero-order valence-corrected chi connectivity index (χ0v) is 12.2. The lowest BCUT2D eigenvalue weighted by atomic mass is 10.2. The molecule has 5 heteroatoms. The molecule has 1 heterocycles. The van der Waals surface area contributed by atoms with Crippen molar-refractivity contribution in [3.05, 3.63) is 42.1 Å². The first-order valence-corrected chi connectivity index (χ1v) is 6.53. The smallest absolute Gasteiger partial charge is 0.419 e. The van der Waals surface area contributed by atoms with Crippen LogP contribution in [0.4, 0.5) is 4.79 Å². The van der Waals surface area contributed by atoms with Crippen LogP contribution in [0.3, 0.4) is 0 Å². The molecule has 0 saturated heterocycles. The number of hydrogen-bond acceptors (Lipinski definition) is 3. The number of ether oxygens (including phenoxy) is 1. The second-order valence-electron chi connectivity index (χ2n) is 5.62. The summed E-state index contributed by atoms with van der Waals surface area (Å²) in [5.74, 6) is -1.07. The molecule has 0 fully saturated rings. The minimum atomic E-state index is -1.07. The van der Waals surface area contributed by atoms with Crippen molar-refractivity contribution in [2.45, 2.75) is 26.4 Å². The average Bonchev–Trinajstić information content (AvgIpc) is 2.72. The molecule has 1 N–H and O–H groups in total. The molecule has 5 nitrogen and oxygen atoms in total. The van der Waals surface area contributed by atoms with Crippen LogP contribution in [0.1, 0.15) is 26.5 Å². The first-order chi connectivity index (χ1) is 9.78. The topological polar surface area (TPSA) is 68.5 Å². The van der Waals surface area contributed by atoms with Crippen molar-refractivity contribution in [1.29, 1.82) is 0 Å². The lowest BCUT2D eigenvalue weighted by Gasteiger charge is -2.20. The summed E-state index contributed by atoms with van der Waals surface area (Å²) in [6.45, 7) is 5.34. The highest BCUT2D eigenvalue weighted by molar-refractivity contribution is 5.94. The summed E-state index contributed by atoms with van der Waals surface area (Å²) in [6, 6.07) is 9.06. The predicted octanol–water partition coefficient (Wildman–Crippen LogP) is 3.52. The summed E-state index contributed by atoms with van der Waals surface area (Å²) in [4.78, 5) is 23.0. The second kappa shape index (κ2) is 5.44. The molecule has 0 radical (unpaired) electrons. The number of para-hydroxylation sites is 1. The van der Waals surface area contributed by atoms with Crippen LogP contribution in [0, 0.1) is 0 Å². The van der Waals surface area contributed by atoms with E-state index in [1.807, 2.05) is 18.2 Å². The van der Waals surface area contributed by atoms with Crippen molar-refractivity contribution in [3.8, 4) is 0 Å². The van der Waals surface area contributed by atoms with Gasteiger partial charge >= 0.3 is 12.1 Å². The van der Waals surface area contributed by atoms with Gasteiger partial charge in [0.05, 0.1) is 11.2 Å². The fourth-order valence-corrected chi connectivity index (χ4v) is 1.97. The van der Waals surface area contributed by atoms with Crippen LogP contribution in [0.5, 0.6) is 0 Å². The maximum Gasteiger partial charge on any atom is 0.419 e. The van der Waals surface area contributed by atoms with Gasteiger partial charge in [-0.15, -0.1) is 0 Å². The Morgan fingerprint density at radius 3 is 2.52 bits per heavy atom. The van der Waals surface area contributed by atoms with Crippen molar-refractivity contribution in [2.75, 3.05) is 0 Å². The third-order valence-corrected chi connectivity index (χ3v) is 2.71. The minimum Gasteiger partial charge on any atom is -0.478 e. The zero-order valence-electron chi connectivity index (χ0n) is 12.2. The maximum absolute atomic E-state index is 12.4. The molecule has 110 valence electrons. The Kier molecular flexibility index (Phi) is 3.84. The van der Waals surface area contributed by atoms with Crippen molar-refractivity contribution in [3.63, 3.8) is 0 Å². The summed E-state index contributed by atoms with van der Waals surface area (Å²) >= 11 is 0. The van der Waals surface area contributed by atoms with Crippen LogP contribution >= 0.6 is 0 Å². The van der Waals surface area contributed by atoms with Gasteiger partial charge in [0.15, 0.2) is 0 Å². The first kappa shape index (κ1) is 14.8. The molecule has 0 aliphatic heterocycles. The highest BCUT2D eigenvalue weighted by Gasteiger charge is 2.21. The van der Waals surface area contributed by atoms with Crippen LogP contribution in [-0.4, -0.2) is 27.3 Å². The monoisotopic (exact) mass is 287 g/mol. The van der Waals surface area contributed by atoms with E-state index in [4.69, 9.17) is 9.84 Å². The molecule has 0 bridgehead atoms. The highest BCUT2D eigenvalue weighted by Crippen LogP contribution is 2.22. The van der Waals surface area contributed by atoms with E-state index >= 15 is 0 Å². The van der Waals surface area contributed by atoms with Gasteiger partial charge in [-0.25, -0.2) is 14.2 Å². The number of carboxylic acid groups (broad SMARTS) is 1. The number of fused-ring (bicyclic) bond motifs is 1. The molecule has 1 aromatic carbocycles. The lowest BCUT2D eigenvalue weighted by molar-refractivity contribution is -0.131. The Morgan fingerprint density at radius 1 is 1.24 bits per heavy atom. The third-order valence-electron chi connectivity index (χ3n) is 2.71. The molecule has 0 unspecified atom stereocenters. The SMILES string of the molecule is CC(C)(C)OC(=O)n1c(C=CC(=O)O)cc2ccccc21. The third kappa shape index (κ3) is 3.51. The van der Waals surface area contributed by atoms with Gasteiger partial charge in [0.25, 0.3) is 0 Å². The molecule has 0 atom stereocenters. The Bertz CT molecular complexity index is 719. The van der Waals surface area contributed by atoms with E-state index in [9.17, 15) is 9.59 Å². The van der Waals surface area contributed by atoms with Crippen molar-refractivity contribution in [1.82, 2.24) is 4.57 Å². The Balaban J connectivity index is 2.55. The van der Waals surface area contributed by atoms with E-state index in [2.05, 4.69) is 0 Å². The van der Waals surface area contributed by atoms with Crippen molar-refractivity contribution >= 4 is 29.0 Å². The Labute approximate surface area is 122 Å². The number of aliphatic carboxylic acids is 1. The molecule has 0 aliphatic rings.